The molecule has 1 amide bonds. The van der Waals surface area contributed by atoms with Crippen molar-refractivity contribution in [2.75, 3.05) is 13.2 Å². The van der Waals surface area contributed by atoms with Gasteiger partial charge in [-0.25, -0.2) is 4.98 Å². The molecule has 1 aromatic rings. The normalized spacial score (nSPS) is 20.0. The van der Waals surface area contributed by atoms with Gasteiger partial charge in [-0.05, 0) is 0 Å². The zero-order valence-corrected chi connectivity index (χ0v) is 13.2. The molecule has 6 nitrogen and oxygen atoms in total. The third kappa shape index (κ3) is 4.15. The Morgan fingerprint density at radius 3 is 3.10 bits per heavy atom. The SMILES string of the molecule is C=CCN1C(=O)C(CCOC(C)=O)S/C1=N/c1nccs1. The zero-order chi connectivity index (χ0) is 15.2. The lowest BCUT2D eigenvalue weighted by Gasteiger charge is -2.13. The maximum Gasteiger partial charge on any atom is 0.302 e. The summed E-state index contributed by atoms with van der Waals surface area (Å²) in [5.74, 6) is -0.382. The van der Waals surface area contributed by atoms with Gasteiger partial charge in [-0.1, -0.05) is 17.8 Å². The number of nitrogens with zero attached hydrogens (tertiary/aromatic N) is 3. The fraction of sp³-hybridized carbons (Fsp3) is 0.385. The number of hydrogen-bond acceptors (Lipinski definition) is 7. The van der Waals surface area contributed by atoms with Crippen LogP contribution in [0.25, 0.3) is 0 Å². The van der Waals surface area contributed by atoms with Gasteiger partial charge in [0.05, 0.1) is 11.9 Å². The Morgan fingerprint density at radius 1 is 1.67 bits per heavy atom. The van der Waals surface area contributed by atoms with Crippen molar-refractivity contribution in [2.45, 2.75) is 18.6 Å². The van der Waals surface area contributed by atoms with Crippen LogP contribution in [0.3, 0.4) is 0 Å². The van der Waals surface area contributed by atoms with Crippen LogP contribution >= 0.6 is 23.1 Å². The minimum absolute atomic E-state index is 0.0395. The maximum absolute atomic E-state index is 12.3. The predicted molar refractivity (Wildman–Crippen MR) is 83.7 cm³/mol. The highest BCUT2D eigenvalue weighted by Crippen LogP contribution is 2.31. The van der Waals surface area contributed by atoms with E-state index in [1.165, 1.54) is 30.0 Å². The molecule has 0 aromatic carbocycles. The van der Waals surface area contributed by atoms with Crippen LogP contribution in [-0.4, -0.2) is 45.3 Å². The van der Waals surface area contributed by atoms with Crippen LogP contribution in [0.5, 0.6) is 0 Å². The molecule has 8 heteroatoms. The van der Waals surface area contributed by atoms with Crippen LogP contribution < -0.4 is 0 Å². The summed E-state index contributed by atoms with van der Waals surface area (Å²) >= 11 is 2.78. The van der Waals surface area contributed by atoms with Gasteiger partial charge in [0.1, 0.15) is 0 Å². The van der Waals surface area contributed by atoms with E-state index in [1.807, 2.05) is 5.38 Å². The van der Waals surface area contributed by atoms with Gasteiger partial charge in [0.25, 0.3) is 0 Å². The molecule has 0 spiro atoms. The minimum atomic E-state index is -0.343. The van der Waals surface area contributed by atoms with Gasteiger partial charge in [-0.15, -0.1) is 17.9 Å². The highest BCUT2D eigenvalue weighted by atomic mass is 32.2. The van der Waals surface area contributed by atoms with E-state index in [4.69, 9.17) is 4.74 Å². The largest absolute Gasteiger partial charge is 0.466 e. The van der Waals surface area contributed by atoms with E-state index in [1.54, 1.807) is 17.2 Å². The molecule has 1 aliphatic heterocycles. The second kappa shape index (κ2) is 7.37. The molecule has 1 atom stereocenters. The third-order valence-corrected chi connectivity index (χ3v) is 4.54. The van der Waals surface area contributed by atoms with E-state index in [0.717, 1.165) is 0 Å². The minimum Gasteiger partial charge on any atom is -0.466 e. The number of aliphatic imine (C=N–C) groups is 1. The number of ether oxygens (including phenoxy) is 1. The van der Waals surface area contributed by atoms with Gasteiger partial charge < -0.3 is 4.74 Å². The van der Waals surface area contributed by atoms with E-state index in [-0.39, 0.29) is 23.7 Å². The summed E-state index contributed by atoms with van der Waals surface area (Å²) in [6, 6.07) is 0. The summed E-state index contributed by atoms with van der Waals surface area (Å²) in [4.78, 5) is 33.2. The third-order valence-electron chi connectivity index (χ3n) is 2.63. The fourth-order valence-electron chi connectivity index (χ4n) is 1.74. The molecule has 1 saturated heterocycles. The number of aromatic nitrogens is 1. The Bertz CT molecular complexity index is 557. The second-order valence-corrected chi connectivity index (χ2v) is 6.22. The number of amidine groups is 1. The van der Waals surface area contributed by atoms with Crippen molar-refractivity contribution in [3.05, 3.63) is 24.2 Å². The van der Waals surface area contributed by atoms with Gasteiger partial charge in [0.2, 0.25) is 11.0 Å². The molecule has 2 rings (SSSR count). The summed E-state index contributed by atoms with van der Waals surface area (Å²) in [5, 5.41) is 2.77. The Labute approximate surface area is 130 Å². The highest BCUT2D eigenvalue weighted by molar-refractivity contribution is 8.15. The first-order chi connectivity index (χ1) is 10.1. The van der Waals surface area contributed by atoms with E-state index in [0.29, 0.717) is 23.3 Å². The maximum atomic E-state index is 12.3. The van der Waals surface area contributed by atoms with Gasteiger partial charge in [-0.2, -0.15) is 4.99 Å². The van der Waals surface area contributed by atoms with E-state index < -0.39 is 0 Å². The smallest absolute Gasteiger partial charge is 0.302 e. The summed E-state index contributed by atoms with van der Waals surface area (Å²) in [5.41, 5.74) is 0. The number of amides is 1. The van der Waals surface area contributed by atoms with Crippen LogP contribution in [-0.2, 0) is 14.3 Å². The second-order valence-electron chi connectivity index (χ2n) is 4.18. The summed E-state index contributed by atoms with van der Waals surface area (Å²) < 4.78 is 4.90. The number of carbonyl (C=O) groups excluding carboxylic acids is 2. The number of thioether (sulfide) groups is 1. The summed E-state index contributed by atoms with van der Waals surface area (Å²) in [6.07, 6.45) is 3.79. The molecule has 0 radical (unpaired) electrons. The van der Waals surface area contributed by atoms with Crippen molar-refractivity contribution in [2.24, 2.45) is 4.99 Å². The standard InChI is InChI=1S/C13H15N3O3S2/c1-3-6-16-11(18)10(4-7-19-9(2)17)21-13(16)15-12-14-5-8-20-12/h3,5,8,10H,1,4,6-7H2,2H3/b15-13+. The molecule has 1 unspecified atom stereocenters. The monoisotopic (exact) mass is 325 g/mol. The van der Waals surface area contributed by atoms with E-state index in [9.17, 15) is 9.59 Å². The van der Waals surface area contributed by atoms with Crippen LogP contribution in [0.15, 0.2) is 29.2 Å². The van der Waals surface area contributed by atoms with Crippen molar-refractivity contribution in [1.29, 1.82) is 0 Å². The van der Waals surface area contributed by atoms with Crippen molar-refractivity contribution in [3.63, 3.8) is 0 Å². The molecule has 0 bridgehead atoms. The number of esters is 1. The molecule has 0 aliphatic carbocycles. The molecule has 112 valence electrons. The van der Waals surface area contributed by atoms with Crippen molar-refractivity contribution in [1.82, 2.24) is 9.88 Å². The average Bonchev–Trinajstić information content (AvgIpc) is 3.03. The molecule has 1 aliphatic rings. The van der Waals surface area contributed by atoms with Crippen LogP contribution in [0.4, 0.5) is 5.13 Å². The van der Waals surface area contributed by atoms with Crippen LogP contribution in [0, 0.1) is 0 Å². The van der Waals surface area contributed by atoms with Gasteiger partial charge in [0.15, 0.2) is 5.17 Å². The zero-order valence-electron chi connectivity index (χ0n) is 11.5. The molecular formula is C13H15N3O3S2. The lowest BCUT2D eigenvalue weighted by atomic mass is 10.3. The number of hydrogen-bond donors (Lipinski definition) is 0. The van der Waals surface area contributed by atoms with Crippen molar-refractivity contribution >= 4 is 45.3 Å². The quantitative estimate of drug-likeness (QED) is 0.592. The molecule has 1 fully saturated rings. The molecule has 2 heterocycles. The molecule has 0 saturated carbocycles. The lowest BCUT2D eigenvalue weighted by molar-refractivity contribution is -0.141. The summed E-state index contributed by atoms with van der Waals surface area (Å²) in [6.45, 7) is 5.64. The van der Waals surface area contributed by atoms with E-state index in [2.05, 4.69) is 16.6 Å². The van der Waals surface area contributed by atoms with Crippen molar-refractivity contribution in [3.8, 4) is 0 Å². The number of carbonyl (C=O) groups is 2. The average molecular weight is 325 g/mol. The van der Waals surface area contributed by atoms with E-state index >= 15 is 0 Å². The molecular weight excluding hydrogens is 310 g/mol. The van der Waals surface area contributed by atoms with Crippen LogP contribution in [0.2, 0.25) is 0 Å². The van der Waals surface area contributed by atoms with Gasteiger partial charge in [0, 0.05) is 31.5 Å². The molecule has 0 N–H and O–H groups in total. The summed E-state index contributed by atoms with van der Waals surface area (Å²) in [7, 11) is 0. The number of thiazole rings is 1. The van der Waals surface area contributed by atoms with Crippen LogP contribution in [0.1, 0.15) is 13.3 Å². The predicted octanol–water partition coefficient (Wildman–Crippen LogP) is 2.21. The topological polar surface area (TPSA) is 71.9 Å². The first kappa shape index (κ1) is 15.7. The molecule has 1 aromatic heterocycles. The lowest BCUT2D eigenvalue weighted by Crippen LogP contribution is -2.32. The Hall–Kier alpha value is -1.67. The van der Waals surface area contributed by atoms with Crippen molar-refractivity contribution < 1.29 is 14.3 Å². The van der Waals surface area contributed by atoms with Gasteiger partial charge in [-0.3, -0.25) is 14.5 Å². The Balaban J connectivity index is 2.08. The fourth-order valence-corrected chi connectivity index (χ4v) is 3.43. The molecule has 21 heavy (non-hydrogen) atoms. The first-order valence-corrected chi connectivity index (χ1v) is 8.08. The first-order valence-electron chi connectivity index (χ1n) is 6.32. The highest BCUT2D eigenvalue weighted by Gasteiger charge is 2.37. The number of rotatable bonds is 6. The Morgan fingerprint density at radius 2 is 2.48 bits per heavy atom. The van der Waals surface area contributed by atoms with Gasteiger partial charge >= 0.3 is 5.97 Å². The Kier molecular flexibility index (Phi) is 5.51.